The zero-order chi connectivity index (χ0) is 14.9. The molecule has 1 saturated heterocycles. The molecule has 2 rings (SSSR count). The number of urea groups is 1. The number of rotatable bonds is 3. The molecule has 1 heterocycles. The van der Waals surface area contributed by atoms with Crippen molar-refractivity contribution in [2.45, 2.75) is 6.92 Å². The van der Waals surface area contributed by atoms with E-state index < -0.39 is 11.9 Å². The van der Waals surface area contributed by atoms with Crippen LogP contribution in [-0.4, -0.2) is 47.8 Å². The molecule has 0 spiro atoms. The number of imide groups is 1. The van der Waals surface area contributed by atoms with E-state index in [0.29, 0.717) is 11.4 Å². The number of nitrogens with one attached hydrogen (secondary N) is 1. The fourth-order valence-electron chi connectivity index (χ4n) is 1.93. The Balaban J connectivity index is 0.00000220. The molecule has 1 aromatic carbocycles. The maximum Gasteiger partial charge on any atom is 0.327 e. The Morgan fingerprint density at radius 2 is 2.05 bits per heavy atom. The van der Waals surface area contributed by atoms with Crippen LogP contribution < -0.4 is 11.1 Å². The second kappa shape index (κ2) is 6.45. The summed E-state index contributed by atoms with van der Waals surface area (Å²) in [5.74, 6) is -0.812. The van der Waals surface area contributed by atoms with E-state index in [-0.39, 0.29) is 31.4 Å². The molecule has 0 aliphatic carbocycles. The van der Waals surface area contributed by atoms with Gasteiger partial charge in [-0.05, 0) is 24.6 Å². The first-order valence-corrected chi connectivity index (χ1v) is 6.10. The SMILES string of the molecule is Cc1ccc(N)cc1NC(=O)CN1C(=O)CN(C)C1=O.Cl. The molecule has 0 unspecified atom stereocenters. The molecule has 4 amide bonds. The standard InChI is InChI=1S/C13H16N4O3.ClH/c1-8-3-4-9(14)5-10(8)15-11(18)6-17-12(19)7-16(2)13(17)20;/h3-5H,6-7,14H2,1-2H3,(H,15,18);1H. The summed E-state index contributed by atoms with van der Waals surface area (Å²) in [6.45, 7) is 1.54. The summed E-state index contributed by atoms with van der Waals surface area (Å²) in [6.07, 6.45) is 0. The maximum absolute atomic E-state index is 11.9. The molecule has 7 nitrogen and oxygen atoms in total. The Morgan fingerprint density at radius 1 is 1.38 bits per heavy atom. The first-order chi connectivity index (χ1) is 9.38. The summed E-state index contributed by atoms with van der Waals surface area (Å²) in [6, 6.07) is 4.68. The second-order valence-electron chi connectivity index (χ2n) is 4.74. The molecular weight excluding hydrogens is 296 g/mol. The van der Waals surface area contributed by atoms with E-state index in [1.807, 2.05) is 6.92 Å². The van der Waals surface area contributed by atoms with Gasteiger partial charge in [0, 0.05) is 18.4 Å². The quantitative estimate of drug-likeness (QED) is 0.638. The van der Waals surface area contributed by atoms with Gasteiger partial charge < -0.3 is 16.0 Å². The van der Waals surface area contributed by atoms with Gasteiger partial charge >= 0.3 is 6.03 Å². The number of nitrogens with two attached hydrogens (primary N) is 1. The second-order valence-corrected chi connectivity index (χ2v) is 4.74. The first-order valence-electron chi connectivity index (χ1n) is 6.10. The zero-order valence-electron chi connectivity index (χ0n) is 11.8. The van der Waals surface area contributed by atoms with Gasteiger partial charge in [0.05, 0.1) is 0 Å². The van der Waals surface area contributed by atoms with E-state index in [0.717, 1.165) is 10.5 Å². The van der Waals surface area contributed by atoms with Gasteiger partial charge in [-0.1, -0.05) is 6.07 Å². The normalized spacial score (nSPS) is 14.2. The van der Waals surface area contributed by atoms with Crippen LogP contribution in [-0.2, 0) is 9.59 Å². The molecular formula is C13H17ClN4O3. The number of carbonyl (C=O) groups excluding carboxylic acids is 3. The lowest BCUT2D eigenvalue weighted by Gasteiger charge is -2.15. The number of hydrogen-bond acceptors (Lipinski definition) is 4. The number of amides is 4. The Hall–Kier alpha value is -2.28. The van der Waals surface area contributed by atoms with E-state index in [1.54, 1.807) is 18.2 Å². The highest BCUT2D eigenvalue weighted by Gasteiger charge is 2.34. The van der Waals surface area contributed by atoms with Crippen molar-refractivity contribution < 1.29 is 14.4 Å². The fraction of sp³-hybridized carbons (Fsp3) is 0.308. The van der Waals surface area contributed by atoms with Crippen molar-refractivity contribution >= 4 is 41.6 Å². The van der Waals surface area contributed by atoms with E-state index in [1.165, 1.54) is 11.9 Å². The van der Waals surface area contributed by atoms with Crippen LogP contribution >= 0.6 is 12.4 Å². The number of likely N-dealkylation sites (N-methyl/N-ethyl adjacent to an activating group) is 1. The largest absolute Gasteiger partial charge is 0.399 e. The lowest BCUT2D eigenvalue weighted by molar-refractivity contribution is -0.129. The highest BCUT2D eigenvalue weighted by atomic mass is 35.5. The lowest BCUT2D eigenvalue weighted by Crippen LogP contribution is -2.38. The van der Waals surface area contributed by atoms with Crippen molar-refractivity contribution in [1.29, 1.82) is 0 Å². The van der Waals surface area contributed by atoms with Crippen molar-refractivity contribution in [3.8, 4) is 0 Å². The molecule has 0 aromatic heterocycles. The van der Waals surface area contributed by atoms with Crippen LogP contribution in [0.15, 0.2) is 18.2 Å². The highest BCUT2D eigenvalue weighted by molar-refractivity contribution is 6.06. The van der Waals surface area contributed by atoms with Crippen LogP contribution in [0.4, 0.5) is 16.2 Å². The summed E-state index contributed by atoms with van der Waals surface area (Å²) >= 11 is 0. The van der Waals surface area contributed by atoms with Gasteiger partial charge in [-0.3, -0.25) is 14.5 Å². The number of carbonyl (C=O) groups is 3. The number of aryl methyl sites for hydroxylation is 1. The number of nitrogen functional groups attached to an aromatic ring is 1. The number of benzene rings is 1. The van der Waals surface area contributed by atoms with Gasteiger partial charge in [-0.15, -0.1) is 12.4 Å². The fourth-order valence-corrected chi connectivity index (χ4v) is 1.93. The molecule has 114 valence electrons. The molecule has 0 atom stereocenters. The summed E-state index contributed by atoms with van der Waals surface area (Å²) in [5, 5.41) is 2.65. The minimum absolute atomic E-state index is 0. The van der Waals surface area contributed by atoms with E-state index in [4.69, 9.17) is 5.73 Å². The van der Waals surface area contributed by atoms with Crippen LogP contribution in [0.25, 0.3) is 0 Å². The van der Waals surface area contributed by atoms with Crippen molar-refractivity contribution in [1.82, 2.24) is 9.80 Å². The Labute approximate surface area is 128 Å². The summed E-state index contributed by atoms with van der Waals surface area (Å²) in [5.41, 5.74) is 7.60. The van der Waals surface area contributed by atoms with Crippen LogP contribution in [0.1, 0.15) is 5.56 Å². The van der Waals surface area contributed by atoms with Gasteiger partial charge in [0.2, 0.25) is 5.91 Å². The Morgan fingerprint density at radius 3 is 2.62 bits per heavy atom. The van der Waals surface area contributed by atoms with Gasteiger partial charge in [0.15, 0.2) is 0 Å². The third-order valence-electron chi connectivity index (χ3n) is 3.07. The average molecular weight is 313 g/mol. The molecule has 3 N–H and O–H groups in total. The van der Waals surface area contributed by atoms with Crippen LogP contribution in [0.5, 0.6) is 0 Å². The highest BCUT2D eigenvalue weighted by Crippen LogP contribution is 2.18. The molecule has 1 fully saturated rings. The predicted octanol–water partition coefficient (Wildman–Crippen LogP) is 0.832. The smallest absolute Gasteiger partial charge is 0.327 e. The van der Waals surface area contributed by atoms with Crippen LogP contribution in [0.2, 0.25) is 0 Å². The molecule has 8 heteroatoms. The van der Waals surface area contributed by atoms with E-state index >= 15 is 0 Å². The molecule has 1 aromatic rings. The predicted molar refractivity (Wildman–Crippen MR) is 81.2 cm³/mol. The third-order valence-corrected chi connectivity index (χ3v) is 3.07. The molecule has 1 aliphatic heterocycles. The number of halogens is 1. The van der Waals surface area contributed by atoms with E-state index in [2.05, 4.69) is 5.32 Å². The number of hydrogen-bond donors (Lipinski definition) is 2. The summed E-state index contributed by atoms with van der Waals surface area (Å²) < 4.78 is 0. The monoisotopic (exact) mass is 312 g/mol. The lowest BCUT2D eigenvalue weighted by atomic mass is 10.2. The zero-order valence-corrected chi connectivity index (χ0v) is 12.6. The Kier molecular flexibility index (Phi) is 5.15. The minimum atomic E-state index is -0.463. The van der Waals surface area contributed by atoms with Gasteiger partial charge in [-0.2, -0.15) is 0 Å². The number of nitrogens with zero attached hydrogens (tertiary/aromatic N) is 2. The van der Waals surface area contributed by atoms with Crippen LogP contribution in [0, 0.1) is 6.92 Å². The summed E-state index contributed by atoms with van der Waals surface area (Å²) in [7, 11) is 1.51. The molecule has 21 heavy (non-hydrogen) atoms. The van der Waals surface area contributed by atoms with Gasteiger partial charge in [0.1, 0.15) is 13.1 Å². The van der Waals surface area contributed by atoms with Gasteiger partial charge in [-0.25, -0.2) is 4.79 Å². The van der Waals surface area contributed by atoms with Crippen molar-refractivity contribution in [3.63, 3.8) is 0 Å². The number of anilines is 2. The van der Waals surface area contributed by atoms with Crippen LogP contribution in [0.3, 0.4) is 0 Å². The maximum atomic E-state index is 11.9. The van der Waals surface area contributed by atoms with Gasteiger partial charge in [0.25, 0.3) is 5.91 Å². The van der Waals surface area contributed by atoms with Crippen molar-refractivity contribution in [3.05, 3.63) is 23.8 Å². The first kappa shape index (κ1) is 16.8. The topological polar surface area (TPSA) is 95.7 Å². The summed E-state index contributed by atoms with van der Waals surface area (Å²) in [4.78, 5) is 37.3. The van der Waals surface area contributed by atoms with E-state index in [9.17, 15) is 14.4 Å². The molecule has 1 aliphatic rings. The van der Waals surface area contributed by atoms with Crippen molar-refractivity contribution in [2.24, 2.45) is 0 Å². The third kappa shape index (κ3) is 3.63. The average Bonchev–Trinajstić information content (AvgIpc) is 2.61. The molecule has 0 saturated carbocycles. The minimum Gasteiger partial charge on any atom is -0.399 e. The van der Waals surface area contributed by atoms with Crippen molar-refractivity contribution in [2.75, 3.05) is 31.2 Å². The molecule has 0 radical (unpaired) electrons. The Bertz CT molecular complexity index is 591. The molecule has 0 bridgehead atoms.